The lowest BCUT2D eigenvalue weighted by Gasteiger charge is -2.43. The average molecular weight is 237 g/mol. The van der Waals surface area contributed by atoms with Crippen molar-refractivity contribution in [3.63, 3.8) is 0 Å². The van der Waals surface area contributed by atoms with E-state index >= 15 is 0 Å². The first-order valence-corrected chi connectivity index (χ1v) is 6.37. The van der Waals surface area contributed by atoms with E-state index in [-0.39, 0.29) is 0 Å². The Morgan fingerprint density at radius 1 is 1.47 bits per heavy atom. The van der Waals surface area contributed by atoms with Crippen LogP contribution in [0.2, 0.25) is 0 Å². The van der Waals surface area contributed by atoms with Crippen LogP contribution in [0.15, 0.2) is 22.8 Å². The lowest BCUT2D eigenvalue weighted by atomic mass is 10.0. The van der Waals surface area contributed by atoms with Gasteiger partial charge in [-0.15, -0.1) is 0 Å². The van der Waals surface area contributed by atoms with Crippen molar-refractivity contribution in [1.82, 2.24) is 9.80 Å². The fraction of sp³-hybridized carbons (Fsp3) is 0.692. The van der Waals surface area contributed by atoms with E-state index in [0.717, 1.165) is 38.4 Å². The van der Waals surface area contributed by atoms with Gasteiger partial charge in [-0.1, -0.05) is 0 Å². The molecule has 2 heterocycles. The second-order valence-electron chi connectivity index (χ2n) is 5.02. The number of nitrogens with zero attached hydrogens (tertiary/aromatic N) is 2. The van der Waals surface area contributed by atoms with Gasteiger partial charge < -0.3 is 10.2 Å². The molecular formula is C13H23N3O. The van der Waals surface area contributed by atoms with E-state index in [4.69, 9.17) is 10.2 Å². The Morgan fingerprint density at radius 2 is 2.29 bits per heavy atom. The summed E-state index contributed by atoms with van der Waals surface area (Å²) in [5.74, 6) is 1.05. The largest absolute Gasteiger partial charge is 0.468 e. The number of likely N-dealkylation sites (N-methyl/N-ethyl adjacent to an activating group) is 1. The quantitative estimate of drug-likeness (QED) is 0.853. The van der Waals surface area contributed by atoms with E-state index in [1.54, 1.807) is 6.26 Å². The molecule has 1 fully saturated rings. The Hall–Kier alpha value is -0.840. The third kappa shape index (κ3) is 3.09. The van der Waals surface area contributed by atoms with Crippen molar-refractivity contribution in [3.05, 3.63) is 24.2 Å². The van der Waals surface area contributed by atoms with Crippen molar-refractivity contribution in [3.8, 4) is 0 Å². The SMILES string of the molecule is CC1CN(Cc2ccco2)CC(CCN)N1C. The molecule has 2 unspecified atom stereocenters. The Bertz CT molecular complexity index is 325. The maximum Gasteiger partial charge on any atom is 0.117 e. The monoisotopic (exact) mass is 237 g/mol. The van der Waals surface area contributed by atoms with Gasteiger partial charge in [0.25, 0.3) is 0 Å². The molecule has 2 rings (SSSR count). The van der Waals surface area contributed by atoms with Gasteiger partial charge in [-0.25, -0.2) is 0 Å². The van der Waals surface area contributed by atoms with Gasteiger partial charge in [-0.2, -0.15) is 0 Å². The van der Waals surface area contributed by atoms with Gasteiger partial charge >= 0.3 is 0 Å². The average Bonchev–Trinajstić information content (AvgIpc) is 2.78. The van der Waals surface area contributed by atoms with E-state index in [1.807, 2.05) is 12.1 Å². The van der Waals surface area contributed by atoms with Crippen LogP contribution in [0, 0.1) is 0 Å². The van der Waals surface area contributed by atoms with Gasteiger partial charge in [0.15, 0.2) is 0 Å². The molecule has 0 aliphatic carbocycles. The van der Waals surface area contributed by atoms with Gasteiger partial charge in [-0.05, 0) is 39.1 Å². The highest BCUT2D eigenvalue weighted by Gasteiger charge is 2.28. The number of rotatable bonds is 4. The molecule has 0 bridgehead atoms. The molecule has 0 amide bonds. The van der Waals surface area contributed by atoms with Crippen LogP contribution in [0.25, 0.3) is 0 Å². The van der Waals surface area contributed by atoms with E-state index in [1.165, 1.54) is 0 Å². The molecule has 1 aromatic rings. The predicted molar refractivity (Wildman–Crippen MR) is 68.7 cm³/mol. The van der Waals surface area contributed by atoms with E-state index in [2.05, 4.69) is 23.8 Å². The smallest absolute Gasteiger partial charge is 0.117 e. The minimum absolute atomic E-state index is 0.568. The van der Waals surface area contributed by atoms with Crippen molar-refractivity contribution in [2.24, 2.45) is 5.73 Å². The molecule has 1 aliphatic heterocycles. The molecule has 0 saturated carbocycles. The molecule has 1 aromatic heterocycles. The summed E-state index contributed by atoms with van der Waals surface area (Å²) in [6.07, 6.45) is 2.81. The highest BCUT2D eigenvalue weighted by molar-refractivity contribution is 4.99. The summed E-state index contributed by atoms with van der Waals surface area (Å²) in [6, 6.07) is 5.14. The molecular weight excluding hydrogens is 214 g/mol. The van der Waals surface area contributed by atoms with Gasteiger partial charge in [0.05, 0.1) is 12.8 Å². The minimum Gasteiger partial charge on any atom is -0.468 e. The second-order valence-corrected chi connectivity index (χ2v) is 5.02. The number of hydrogen-bond donors (Lipinski definition) is 1. The summed E-state index contributed by atoms with van der Waals surface area (Å²) in [6.45, 7) is 6.12. The molecule has 4 nitrogen and oxygen atoms in total. The maximum absolute atomic E-state index is 5.68. The first-order chi connectivity index (χ1) is 8.20. The first-order valence-electron chi connectivity index (χ1n) is 6.37. The number of hydrogen-bond acceptors (Lipinski definition) is 4. The van der Waals surface area contributed by atoms with Crippen molar-refractivity contribution < 1.29 is 4.42 Å². The topological polar surface area (TPSA) is 45.6 Å². The molecule has 0 radical (unpaired) electrons. The van der Waals surface area contributed by atoms with Crippen LogP contribution in [0.3, 0.4) is 0 Å². The van der Waals surface area contributed by atoms with Crippen molar-refractivity contribution in [1.29, 1.82) is 0 Å². The third-order valence-electron chi connectivity index (χ3n) is 3.72. The molecule has 1 aliphatic rings. The van der Waals surface area contributed by atoms with E-state index in [9.17, 15) is 0 Å². The molecule has 1 saturated heterocycles. The molecule has 0 aromatic carbocycles. The first kappa shape index (κ1) is 12.6. The van der Waals surface area contributed by atoms with Crippen LogP contribution in [-0.4, -0.2) is 48.6 Å². The Morgan fingerprint density at radius 3 is 2.94 bits per heavy atom. The van der Waals surface area contributed by atoms with Crippen LogP contribution >= 0.6 is 0 Å². The Balaban J connectivity index is 1.95. The maximum atomic E-state index is 5.68. The van der Waals surface area contributed by atoms with Gasteiger partial charge in [0.2, 0.25) is 0 Å². The van der Waals surface area contributed by atoms with Crippen LogP contribution in [0.5, 0.6) is 0 Å². The highest BCUT2D eigenvalue weighted by atomic mass is 16.3. The van der Waals surface area contributed by atoms with Crippen LogP contribution in [0.1, 0.15) is 19.1 Å². The molecule has 17 heavy (non-hydrogen) atoms. The van der Waals surface area contributed by atoms with Crippen LogP contribution in [-0.2, 0) is 6.54 Å². The summed E-state index contributed by atoms with van der Waals surface area (Å²) in [5.41, 5.74) is 5.68. The summed E-state index contributed by atoms with van der Waals surface area (Å²) in [4.78, 5) is 4.91. The Kier molecular flexibility index (Phi) is 4.20. The summed E-state index contributed by atoms with van der Waals surface area (Å²) < 4.78 is 5.41. The molecule has 2 atom stereocenters. The lowest BCUT2D eigenvalue weighted by molar-refractivity contribution is 0.0409. The van der Waals surface area contributed by atoms with E-state index in [0.29, 0.717) is 12.1 Å². The molecule has 0 spiro atoms. The van der Waals surface area contributed by atoms with Crippen molar-refractivity contribution in [2.45, 2.75) is 32.0 Å². The summed E-state index contributed by atoms with van der Waals surface area (Å²) in [5, 5.41) is 0. The highest BCUT2D eigenvalue weighted by Crippen LogP contribution is 2.18. The standard InChI is InChI=1S/C13H23N3O/c1-11-8-16(10-13-4-3-7-17-13)9-12(5-6-14)15(11)2/h3-4,7,11-12H,5-6,8-10,14H2,1-2H3. The number of furan rings is 1. The second kappa shape index (κ2) is 5.67. The van der Waals surface area contributed by atoms with Crippen molar-refractivity contribution >= 4 is 0 Å². The van der Waals surface area contributed by atoms with E-state index < -0.39 is 0 Å². The van der Waals surface area contributed by atoms with Gasteiger partial charge in [0, 0.05) is 25.2 Å². The van der Waals surface area contributed by atoms with Gasteiger partial charge in [-0.3, -0.25) is 9.80 Å². The number of nitrogens with two attached hydrogens (primary N) is 1. The molecule has 96 valence electrons. The zero-order valence-electron chi connectivity index (χ0n) is 10.8. The molecule has 4 heteroatoms. The predicted octanol–water partition coefficient (Wildman–Crippen LogP) is 1.13. The van der Waals surface area contributed by atoms with Crippen LogP contribution < -0.4 is 5.73 Å². The fourth-order valence-electron chi connectivity index (χ4n) is 2.60. The number of piperazine rings is 1. The zero-order chi connectivity index (χ0) is 12.3. The summed E-state index contributed by atoms with van der Waals surface area (Å²) >= 11 is 0. The summed E-state index contributed by atoms with van der Waals surface area (Å²) in [7, 11) is 2.20. The van der Waals surface area contributed by atoms with Gasteiger partial charge in [0.1, 0.15) is 5.76 Å². The lowest BCUT2D eigenvalue weighted by Crippen LogP contribution is -2.56. The van der Waals surface area contributed by atoms with Crippen LogP contribution in [0.4, 0.5) is 0 Å². The minimum atomic E-state index is 0.568. The fourth-order valence-corrected chi connectivity index (χ4v) is 2.60. The normalized spacial score (nSPS) is 27.5. The Labute approximate surface area is 103 Å². The third-order valence-corrected chi connectivity index (χ3v) is 3.72. The van der Waals surface area contributed by atoms with Crippen molar-refractivity contribution in [2.75, 3.05) is 26.7 Å². The zero-order valence-corrected chi connectivity index (χ0v) is 10.8. The molecule has 2 N–H and O–H groups in total.